The maximum Gasteiger partial charge on any atom is 0.166 e. The van der Waals surface area contributed by atoms with E-state index in [0.717, 1.165) is 12.8 Å². The molecule has 1 aliphatic rings. The zero-order valence-electron chi connectivity index (χ0n) is 17.6. The van der Waals surface area contributed by atoms with Crippen LogP contribution in [0.1, 0.15) is 37.8 Å². The van der Waals surface area contributed by atoms with Gasteiger partial charge in [-0.2, -0.15) is 0 Å². The molecule has 0 saturated carbocycles. The molecule has 0 fully saturated rings. The first-order valence-corrected chi connectivity index (χ1v) is 12.1. The first-order chi connectivity index (χ1) is 14.8. The molecule has 4 aromatic carbocycles. The van der Waals surface area contributed by atoms with Crippen LogP contribution in [0, 0.1) is 0 Å². The van der Waals surface area contributed by atoms with Gasteiger partial charge < -0.3 is 0 Å². The summed E-state index contributed by atoms with van der Waals surface area (Å²) in [5.74, 6) is 0. The molecule has 0 heterocycles. The minimum atomic E-state index is -0.109. The average Bonchev–Trinajstić information content (AvgIpc) is 3.10. The highest BCUT2D eigenvalue weighted by Crippen LogP contribution is 2.53. The van der Waals surface area contributed by atoms with Crippen molar-refractivity contribution < 1.29 is 0 Å². The fourth-order valence-corrected chi connectivity index (χ4v) is 7.21. The van der Waals surface area contributed by atoms with E-state index >= 15 is 0 Å². The molecule has 0 spiro atoms. The molecule has 4 aromatic rings. The second-order valence-electron chi connectivity index (χ2n) is 7.97. The van der Waals surface area contributed by atoms with Crippen LogP contribution in [0.3, 0.4) is 0 Å². The zero-order chi connectivity index (χ0) is 20.6. The molecule has 1 heteroatoms. The summed E-state index contributed by atoms with van der Waals surface area (Å²) >= 11 is 0. The van der Waals surface area contributed by atoms with Crippen LogP contribution in [0.5, 0.6) is 0 Å². The molecule has 0 atom stereocenters. The number of fused-ring (bicyclic) bond motifs is 3. The predicted molar refractivity (Wildman–Crippen MR) is 128 cm³/mol. The summed E-state index contributed by atoms with van der Waals surface area (Å²) in [5.41, 5.74) is 5.96. The summed E-state index contributed by atoms with van der Waals surface area (Å²) in [5, 5.41) is 0. The molecule has 148 valence electrons. The van der Waals surface area contributed by atoms with Gasteiger partial charge >= 0.3 is 0 Å². The largest absolute Gasteiger partial charge is 0.166 e. The van der Waals surface area contributed by atoms with Gasteiger partial charge in [0.1, 0.15) is 0 Å². The van der Waals surface area contributed by atoms with Gasteiger partial charge in [0, 0.05) is 5.41 Å². The van der Waals surface area contributed by atoms with Crippen LogP contribution in [0.25, 0.3) is 11.1 Å². The molecule has 0 bridgehead atoms. The van der Waals surface area contributed by atoms with Gasteiger partial charge in [0.05, 0.1) is 10.9 Å². The van der Waals surface area contributed by atoms with Gasteiger partial charge in [-0.1, -0.05) is 74.5 Å². The molecule has 0 aliphatic heterocycles. The summed E-state index contributed by atoms with van der Waals surface area (Å²) in [6.45, 7) is 4.69. The molecular formula is C29H27S+. The third-order valence-corrected chi connectivity index (χ3v) is 8.85. The number of benzene rings is 4. The molecule has 0 nitrogen and oxygen atoms in total. The van der Waals surface area contributed by atoms with E-state index < -0.39 is 0 Å². The lowest BCUT2D eigenvalue weighted by Gasteiger charge is -2.29. The second-order valence-corrected chi connectivity index (χ2v) is 10.0. The van der Waals surface area contributed by atoms with Crippen molar-refractivity contribution in [2.24, 2.45) is 0 Å². The van der Waals surface area contributed by atoms with Gasteiger partial charge in [-0.3, -0.25) is 0 Å². The number of hydrogen-bond donors (Lipinski definition) is 0. The lowest BCUT2D eigenvalue weighted by atomic mass is 9.74. The Hall–Kier alpha value is -2.77. The second kappa shape index (κ2) is 7.81. The summed E-state index contributed by atoms with van der Waals surface area (Å²) in [6.07, 6.45) is 2.25. The Bertz CT molecular complexity index is 1120. The van der Waals surface area contributed by atoms with Gasteiger partial charge in [-0.25, -0.2) is 0 Å². The van der Waals surface area contributed by atoms with E-state index in [1.165, 1.54) is 36.9 Å². The first kappa shape index (κ1) is 19.2. The van der Waals surface area contributed by atoms with E-state index in [2.05, 4.69) is 117 Å². The van der Waals surface area contributed by atoms with E-state index in [4.69, 9.17) is 0 Å². The molecule has 5 rings (SSSR count). The van der Waals surface area contributed by atoms with Crippen LogP contribution in [0.15, 0.2) is 118 Å². The van der Waals surface area contributed by atoms with Crippen LogP contribution in [0.2, 0.25) is 0 Å². The van der Waals surface area contributed by atoms with E-state index in [9.17, 15) is 0 Å². The molecule has 0 unspecified atom stereocenters. The Morgan fingerprint density at radius 3 is 1.67 bits per heavy atom. The van der Waals surface area contributed by atoms with Gasteiger partial charge in [0.2, 0.25) is 0 Å². The van der Waals surface area contributed by atoms with E-state index in [-0.39, 0.29) is 16.3 Å². The SMILES string of the molecule is CCC1(CC)c2ccccc2-c2ccc([S+](c3ccccc3)c3ccccc3)cc21. The fraction of sp³-hybridized carbons (Fsp3) is 0.172. The van der Waals surface area contributed by atoms with Crippen molar-refractivity contribution in [1.29, 1.82) is 0 Å². The van der Waals surface area contributed by atoms with Gasteiger partial charge in [-0.15, -0.1) is 0 Å². The molecule has 0 aromatic heterocycles. The van der Waals surface area contributed by atoms with Gasteiger partial charge in [0.15, 0.2) is 14.7 Å². The standard InChI is InChI=1S/C29H27S/c1-3-29(4-2)27-18-12-11-17-25(27)26-20-19-24(21-28(26)29)30(22-13-7-5-8-14-22)23-15-9-6-10-16-23/h5-21H,3-4H2,1-2H3/q+1. The monoisotopic (exact) mass is 407 g/mol. The smallest absolute Gasteiger partial charge is 0.0642 e. The maximum atomic E-state index is 2.52. The summed E-state index contributed by atoms with van der Waals surface area (Å²) in [6, 6.07) is 38.2. The average molecular weight is 408 g/mol. The summed E-state index contributed by atoms with van der Waals surface area (Å²) in [7, 11) is -0.109. The van der Waals surface area contributed by atoms with Crippen LogP contribution in [-0.4, -0.2) is 0 Å². The Morgan fingerprint density at radius 1 is 0.533 bits per heavy atom. The minimum Gasteiger partial charge on any atom is -0.0642 e. The normalized spacial score (nSPS) is 13.8. The van der Waals surface area contributed by atoms with Crippen LogP contribution < -0.4 is 0 Å². The zero-order valence-corrected chi connectivity index (χ0v) is 18.5. The third kappa shape index (κ3) is 2.92. The molecule has 0 radical (unpaired) electrons. The third-order valence-electron chi connectivity index (χ3n) is 6.64. The fourth-order valence-electron chi connectivity index (χ4n) is 5.09. The lowest BCUT2D eigenvalue weighted by molar-refractivity contribution is 0.489. The molecule has 1 aliphatic carbocycles. The van der Waals surface area contributed by atoms with Gasteiger partial charge in [0.25, 0.3) is 0 Å². The van der Waals surface area contributed by atoms with Crippen molar-refractivity contribution in [1.82, 2.24) is 0 Å². The minimum absolute atomic E-state index is 0.109. The highest BCUT2D eigenvalue weighted by atomic mass is 32.2. The highest BCUT2D eigenvalue weighted by Gasteiger charge is 2.42. The predicted octanol–water partition coefficient (Wildman–Crippen LogP) is 7.87. The van der Waals surface area contributed by atoms with Crippen molar-refractivity contribution in [3.8, 4) is 11.1 Å². The molecular weight excluding hydrogens is 380 g/mol. The summed E-state index contributed by atoms with van der Waals surface area (Å²) < 4.78 is 0. The quantitative estimate of drug-likeness (QED) is 0.295. The van der Waals surface area contributed by atoms with Crippen molar-refractivity contribution in [2.45, 2.75) is 46.8 Å². The van der Waals surface area contributed by atoms with Crippen molar-refractivity contribution in [2.75, 3.05) is 0 Å². The number of rotatable bonds is 5. The molecule has 0 N–H and O–H groups in total. The van der Waals surface area contributed by atoms with Crippen LogP contribution >= 0.6 is 0 Å². The Morgan fingerprint density at radius 2 is 1.07 bits per heavy atom. The van der Waals surface area contributed by atoms with Crippen LogP contribution in [-0.2, 0) is 16.3 Å². The Balaban J connectivity index is 1.73. The molecule has 0 saturated heterocycles. The van der Waals surface area contributed by atoms with Crippen molar-refractivity contribution in [3.05, 3.63) is 114 Å². The lowest BCUT2D eigenvalue weighted by Crippen LogP contribution is -2.23. The Kier molecular flexibility index (Phi) is 5.00. The molecule has 0 amide bonds. The van der Waals surface area contributed by atoms with Crippen LogP contribution in [0.4, 0.5) is 0 Å². The maximum absolute atomic E-state index is 2.52. The topological polar surface area (TPSA) is 0 Å². The Labute approximate surface area is 183 Å². The van der Waals surface area contributed by atoms with E-state index in [1.54, 1.807) is 0 Å². The number of hydrogen-bond acceptors (Lipinski definition) is 0. The van der Waals surface area contributed by atoms with E-state index in [0.29, 0.717) is 0 Å². The first-order valence-electron chi connectivity index (χ1n) is 10.9. The van der Waals surface area contributed by atoms with E-state index in [1.807, 2.05) is 0 Å². The van der Waals surface area contributed by atoms with Gasteiger partial charge in [-0.05, 0) is 77.6 Å². The van der Waals surface area contributed by atoms with Crippen molar-refractivity contribution in [3.63, 3.8) is 0 Å². The molecule has 30 heavy (non-hydrogen) atoms. The van der Waals surface area contributed by atoms with Crippen molar-refractivity contribution >= 4 is 10.9 Å². The highest BCUT2D eigenvalue weighted by molar-refractivity contribution is 7.97. The summed E-state index contributed by atoms with van der Waals surface area (Å²) in [4.78, 5) is 4.15.